The number of carbonyl (C=O) groups excluding carboxylic acids is 2. The van der Waals surface area contributed by atoms with E-state index in [2.05, 4.69) is 31.5 Å². The maximum atomic E-state index is 12.1. The van der Waals surface area contributed by atoms with Crippen LogP contribution in [0.3, 0.4) is 0 Å². The maximum absolute atomic E-state index is 12.1. The average molecular weight is 340 g/mol. The molecule has 0 saturated carbocycles. The third-order valence-electron chi connectivity index (χ3n) is 2.85. The Hall–Kier alpha value is -1.89. The summed E-state index contributed by atoms with van der Waals surface area (Å²) < 4.78 is 5.73. The number of esters is 1. The van der Waals surface area contributed by atoms with Gasteiger partial charge in [-0.2, -0.15) is 0 Å². The zero-order valence-electron chi connectivity index (χ0n) is 11.1. The molecule has 20 heavy (non-hydrogen) atoms. The molecule has 1 aromatic rings. The van der Waals surface area contributed by atoms with Gasteiger partial charge in [-0.1, -0.05) is 6.07 Å². The first-order chi connectivity index (χ1) is 9.52. The van der Waals surface area contributed by atoms with Gasteiger partial charge in [0.25, 0.3) is 0 Å². The Morgan fingerprint density at radius 2 is 2.25 bits per heavy atom. The van der Waals surface area contributed by atoms with Crippen LogP contribution in [0.2, 0.25) is 0 Å². The molecule has 2 amide bonds. The van der Waals surface area contributed by atoms with Crippen LogP contribution in [-0.2, 0) is 9.53 Å². The van der Waals surface area contributed by atoms with E-state index in [1.54, 1.807) is 32.2 Å². The number of nitrogens with one attached hydrogen (secondary N) is 2. The molecule has 0 bridgehead atoms. The number of ether oxygens (including phenoxy) is 1. The standard InChI is InChI=1S/C13H14BrN3O3/c1-3-20-12(18)10-7(2)16-13(19)17-11(10)8-4-5-9(14)15-6-8/h4-6,11H,3H2,1-2H3,(H2,16,17,19). The van der Waals surface area contributed by atoms with Gasteiger partial charge in [0, 0.05) is 11.9 Å². The molecule has 2 heterocycles. The fourth-order valence-corrected chi connectivity index (χ4v) is 2.22. The number of hydrogen-bond acceptors (Lipinski definition) is 4. The number of aromatic nitrogens is 1. The molecule has 1 atom stereocenters. The molecule has 6 nitrogen and oxygen atoms in total. The van der Waals surface area contributed by atoms with E-state index in [0.29, 0.717) is 21.4 Å². The lowest BCUT2D eigenvalue weighted by Crippen LogP contribution is -2.45. The minimum atomic E-state index is -0.566. The molecular weight excluding hydrogens is 326 g/mol. The molecule has 1 aromatic heterocycles. The Balaban J connectivity index is 2.41. The zero-order chi connectivity index (χ0) is 14.7. The van der Waals surface area contributed by atoms with Crippen LogP contribution in [0.15, 0.2) is 34.2 Å². The van der Waals surface area contributed by atoms with E-state index in [0.717, 1.165) is 0 Å². The van der Waals surface area contributed by atoms with Gasteiger partial charge in [0.15, 0.2) is 0 Å². The molecule has 1 aliphatic heterocycles. The van der Waals surface area contributed by atoms with Crippen LogP contribution in [0.1, 0.15) is 25.5 Å². The summed E-state index contributed by atoms with van der Waals surface area (Å²) in [5.74, 6) is -0.453. The second-order valence-electron chi connectivity index (χ2n) is 4.20. The van der Waals surface area contributed by atoms with Gasteiger partial charge in [0.1, 0.15) is 4.60 Å². The highest BCUT2D eigenvalue weighted by Gasteiger charge is 2.32. The molecule has 106 valence electrons. The minimum Gasteiger partial charge on any atom is -0.463 e. The number of pyridine rings is 1. The number of carbonyl (C=O) groups is 2. The summed E-state index contributed by atoms with van der Waals surface area (Å²) in [5, 5.41) is 5.29. The highest BCUT2D eigenvalue weighted by atomic mass is 79.9. The predicted molar refractivity (Wildman–Crippen MR) is 75.7 cm³/mol. The lowest BCUT2D eigenvalue weighted by molar-refractivity contribution is -0.139. The third kappa shape index (κ3) is 2.98. The molecule has 2 rings (SSSR count). The largest absolute Gasteiger partial charge is 0.463 e. The monoisotopic (exact) mass is 339 g/mol. The van der Waals surface area contributed by atoms with Crippen LogP contribution < -0.4 is 10.6 Å². The summed E-state index contributed by atoms with van der Waals surface area (Å²) >= 11 is 3.25. The second-order valence-corrected chi connectivity index (χ2v) is 5.02. The van der Waals surface area contributed by atoms with Crippen molar-refractivity contribution in [1.82, 2.24) is 15.6 Å². The molecule has 0 spiro atoms. The van der Waals surface area contributed by atoms with Gasteiger partial charge in [-0.15, -0.1) is 0 Å². The summed E-state index contributed by atoms with van der Waals surface area (Å²) in [5.41, 5.74) is 1.58. The summed E-state index contributed by atoms with van der Waals surface area (Å²) in [6, 6.07) is 2.62. The van der Waals surface area contributed by atoms with Crippen molar-refractivity contribution < 1.29 is 14.3 Å². The first-order valence-electron chi connectivity index (χ1n) is 6.09. The Morgan fingerprint density at radius 3 is 2.85 bits per heavy atom. The second kappa shape index (κ2) is 6.04. The van der Waals surface area contributed by atoms with Gasteiger partial charge in [-0.05, 0) is 41.4 Å². The third-order valence-corrected chi connectivity index (χ3v) is 3.32. The van der Waals surface area contributed by atoms with Crippen LogP contribution in [0.4, 0.5) is 4.79 Å². The predicted octanol–water partition coefficient (Wildman–Crippen LogP) is 2.04. The van der Waals surface area contributed by atoms with E-state index >= 15 is 0 Å². The summed E-state index contributed by atoms with van der Waals surface area (Å²) in [6.07, 6.45) is 1.60. The van der Waals surface area contributed by atoms with E-state index in [4.69, 9.17) is 4.74 Å². The fourth-order valence-electron chi connectivity index (χ4n) is 1.98. The van der Waals surface area contributed by atoms with Crippen molar-refractivity contribution in [2.24, 2.45) is 0 Å². The first-order valence-corrected chi connectivity index (χ1v) is 6.89. The number of nitrogens with zero attached hydrogens (tertiary/aromatic N) is 1. The highest BCUT2D eigenvalue weighted by Crippen LogP contribution is 2.27. The van der Waals surface area contributed by atoms with E-state index in [1.165, 1.54) is 0 Å². The van der Waals surface area contributed by atoms with Gasteiger partial charge in [-0.3, -0.25) is 0 Å². The summed E-state index contributed by atoms with van der Waals surface area (Å²) in [6.45, 7) is 3.68. The van der Waals surface area contributed by atoms with E-state index in [1.807, 2.05) is 0 Å². The van der Waals surface area contributed by atoms with Gasteiger partial charge in [0.05, 0.1) is 18.2 Å². The topological polar surface area (TPSA) is 80.3 Å². The van der Waals surface area contributed by atoms with E-state index < -0.39 is 12.0 Å². The summed E-state index contributed by atoms with van der Waals surface area (Å²) in [4.78, 5) is 27.8. The van der Waals surface area contributed by atoms with Gasteiger partial charge in [0.2, 0.25) is 0 Å². The zero-order valence-corrected chi connectivity index (χ0v) is 12.7. The number of rotatable bonds is 3. The molecule has 1 aliphatic rings. The van der Waals surface area contributed by atoms with Crippen molar-refractivity contribution in [3.63, 3.8) is 0 Å². The Kier molecular flexibility index (Phi) is 4.39. The number of hydrogen-bond donors (Lipinski definition) is 2. The number of urea groups is 1. The molecule has 0 radical (unpaired) electrons. The normalized spacial score (nSPS) is 18.4. The molecule has 1 unspecified atom stereocenters. The van der Waals surface area contributed by atoms with Crippen molar-refractivity contribution in [2.45, 2.75) is 19.9 Å². The molecule has 2 N–H and O–H groups in total. The number of allylic oxidation sites excluding steroid dienone is 1. The first kappa shape index (κ1) is 14.5. The fraction of sp³-hybridized carbons (Fsp3) is 0.308. The van der Waals surface area contributed by atoms with E-state index in [9.17, 15) is 9.59 Å². The van der Waals surface area contributed by atoms with Crippen molar-refractivity contribution in [1.29, 1.82) is 0 Å². The smallest absolute Gasteiger partial charge is 0.338 e. The molecule has 0 saturated heterocycles. The minimum absolute atomic E-state index is 0.273. The van der Waals surface area contributed by atoms with Crippen LogP contribution in [-0.4, -0.2) is 23.6 Å². The summed E-state index contributed by atoms with van der Waals surface area (Å²) in [7, 11) is 0. The lowest BCUT2D eigenvalue weighted by Gasteiger charge is -2.27. The Labute approximate surface area is 124 Å². The molecule has 0 aliphatic carbocycles. The molecule has 0 fully saturated rings. The lowest BCUT2D eigenvalue weighted by atomic mass is 9.97. The van der Waals surface area contributed by atoms with E-state index in [-0.39, 0.29) is 12.6 Å². The SMILES string of the molecule is CCOC(=O)C1=C(C)NC(=O)NC1c1ccc(Br)nc1. The molecule has 7 heteroatoms. The Morgan fingerprint density at radius 1 is 1.50 bits per heavy atom. The van der Waals surface area contributed by atoms with Crippen LogP contribution >= 0.6 is 15.9 Å². The van der Waals surface area contributed by atoms with Crippen molar-refractivity contribution in [2.75, 3.05) is 6.61 Å². The average Bonchev–Trinajstić information content (AvgIpc) is 2.38. The number of amides is 2. The van der Waals surface area contributed by atoms with Crippen LogP contribution in [0.5, 0.6) is 0 Å². The van der Waals surface area contributed by atoms with Crippen molar-refractivity contribution >= 4 is 27.9 Å². The number of halogens is 1. The molecular formula is C13H14BrN3O3. The van der Waals surface area contributed by atoms with Crippen LogP contribution in [0, 0.1) is 0 Å². The highest BCUT2D eigenvalue weighted by molar-refractivity contribution is 9.10. The van der Waals surface area contributed by atoms with Crippen LogP contribution in [0.25, 0.3) is 0 Å². The quantitative estimate of drug-likeness (QED) is 0.652. The van der Waals surface area contributed by atoms with Gasteiger partial charge in [-0.25, -0.2) is 14.6 Å². The van der Waals surface area contributed by atoms with Crippen molar-refractivity contribution in [3.05, 3.63) is 39.8 Å². The molecule has 0 aromatic carbocycles. The maximum Gasteiger partial charge on any atom is 0.338 e. The van der Waals surface area contributed by atoms with Gasteiger partial charge < -0.3 is 15.4 Å². The Bertz CT molecular complexity index is 569. The van der Waals surface area contributed by atoms with Gasteiger partial charge >= 0.3 is 12.0 Å². The van der Waals surface area contributed by atoms with Crippen molar-refractivity contribution in [3.8, 4) is 0 Å².